The van der Waals surface area contributed by atoms with Gasteiger partial charge in [-0.3, -0.25) is 4.79 Å². The minimum Gasteiger partial charge on any atom is -0.486 e. The van der Waals surface area contributed by atoms with Gasteiger partial charge in [0.15, 0.2) is 11.5 Å². The van der Waals surface area contributed by atoms with Crippen LogP contribution in [-0.4, -0.2) is 33.9 Å². The van der Waals surface area contributed by atoms with Crippen LogP contribution in [0.1, 0.15) is 28.9 Å². The molecular weight excluding hydrogens is 332 g/mol. The fourth-order valence-electron chi connectivity index (χ4n) is 2.81. The molecule has 2 aromatic carbocycles. The van der Waals surface area contributed by atoms with E-state index in [4.69, 9.17) is 9.47 Å². The summed E-state index contributed by atoms with van der Waals surface area (Å²) in [7, 11) is 0. The van der Waals surface area contributed by atoms with Crippen molar-refractivity contribution in [1.29, 1.82) is 0 Å². The molecule has 0 radical (unpaired) electrons. The Morgan fingerprint density at radius 2 is 1.88 bits per heavy atom. The van der Waals surface area contributed by atoms with Crippen LogP contribution >= 0.6 is 0 Å². The Labute approximate surface area is 150 Å². The molecule has 7 heteroatoms. The Morgan fingerprint density at radius 1 is 1.12 bits per heavy atom. The van der Waals surface area contributed by atoms with Crippen molar-refractivity contribution in [3.05, 3.63) is 66.2 Å². The van der Waals surface area contributed by atoms with Gasteiger partial charge >= 0.3 is 0 Å². The molecule has 0 bridgehead atoms. The van der Waals surface area contributed by atoms with Crippen molar-refractivity contribution in [3.8, 4) is 17.2 Å². The molecule has 4 rings (SSSR count). The summed E-state index contributed by atoms with van der Waals surface area (Å²) in [5, 5.41) is 7.10. The molecule has 1 N–H and O–H groups in total. The van der Waals surface area contributed by atoms with Crippen LogP contribution < -0.4 is 14.8 Å². The lowest BCUT2D eigenvalue weighted by Crippen LogP contribution is -2.27. The quantitative estimate of drug-likeness (QED) is 0.782. The maximum atomic E-state index is 12.5. The Balaban J connectivity index is 1.45. The van der Waals surface area contributed by atoms with Crippen molar-refractivity contribution in [2.24, 2.45) is 0 Å². The maximum absolute atomic E-state index is 12.5. The van der Waals surface area contributed by atoms with Crippen molar-refractivity contribution < 1.29 is 14.3 Å². The monoisotopic (exact) mass is 350 g/mol. The second-order valence-electron chi connectivity index (χ2n) is 5.99. The fourth-order valence-corrected chi connectivity index (χ4v) is 2.81. The molecule has 1 aliphatic rings. The number of carbonyl (C=O) groups excluding carboxylic acids is 1. The van der Waals surface area contributed by atoms with Crippen LogP contribution in [0, 0.1) is 0 Å². The number of fused-ring (bicyclic) bond motifs is 1. The molecule has 0 aliphatic carbocycles. The van der Waals surface area contributed by atoms with Gasteiger partial charge in [-0.2, -0.15) is 5.10 Å². The van der Waals surface area contributed by atoms with Crippen LogP contribution in [0.3, 0.4) is 0 Å². The predicted molar refractivity (Wildman–Crippen MR) is 94.7 cm³/mol. The van der Waals surface area contributed by atoms with E-state index >= 15 is 0 Å². The summed E-state index contributed by atoms with van der Waals surface area (Å²) < 4.78 is 12.7. The molecule has 0 saturated carbocycles. The lowest BCUT2D eigenvalue weighted by molar-refractivity contribution is 0.0938. The first kappa shape index (κ1) is 16.1. The number of amides is 1. The molecule has 3 aromatic rings. The van der Waals surface area contributed by atoms with Gasteiger partial charge < -0.3 is 14.8 Å². The van der Waals surface area contributed by atoms with Crippen LogP contribution in [0.5, 0.6) is 11.5 Å². The first-order valence-corrected chi connectivity index (χ1v) is 8.36. The number of hydrogen-bond acceptors (Lipinski definition) is 5. The minimum absolute atomic E-state index is 0.138. The second kappa shape index (κ2) is 6.87. The molecule has 1 aliphatic heterocycles. The third kappa shape index (κ3) is 3.23. The number of carbonyl (C=O) groups is 1. The van der Waals surface area contributed by atoms with Crippen LogP contribution in [0.15, 0.2) is 55.1 Å². The van der Waals surface area contributed by atoms with Crippen LogP contribution in [0.4, 0.5) is 0 Å². The smallest absolute Gasteiger partial charge is 0.251 e. The first-order chi connectivity index (χ1) is 12.7. The Bertz CT molecular complexity index is 907. The van der Waals surface area contributed by atoms with Crippen molar-refractivity contribution in [3.63, 3.8) is 0 Å². The van der Waals surface area contributed by atoms with Gasteiger partial charge in [-0.05, 0) is 42.8 Å². The zero-order chi connectivity index (χ0) is 17.9. The summed E-state index contributed by atoms with van der Waals surface area (Å²) in [5.74, 6) is 1.12. The highest BCUT2D eigenvalue weighted by Gasteiger charge is 2.16. The summed E-state index contributed by atoms with van der Waals surface area (Å²) >= 11 is 0. The summed E-state index contributed by atoms with van der Waals surface area (Å²) in [6.45, 7) is 2.97. The molecule has 1 unspecified atom stereocenters. The van der Waals surface area contributed by atoms with Crippen LogP contribution in [0.25, 0.3) is 5.69 Å². The molecular formula is C19H18N4O3. The van der Waals surface area contributed by atoms with Gasteiger partial charge in [-0.15, -0.1) is 0 Å². The van der Waals surface area contributed by atoms with Crippen molar-refractivity contribution >= 4 is 5.91 Å². The number of aromatic nitrogens is 3. The number of nitrogens with one attached hydrogen (secondary N) is 1. The van der Waals surface area contributed by atoms with Crippen molar-refractivity contribution in [2.75, 3.05) is 13.2 Å². The molecule has 26 heavy (non-hydrogen) atoms. The lowest BCUT2D eigenvalue weighted by Gasteiger charge is -2.19. The number of hydrogen-bond donors (Lipinski definition) is 1. The maximum Gasteiger partial charge on any atom is 0.251 e. The topological polar surface area (TPSA) is 78.3 Å². The van der Waals surface area contributed by atoms with Crippen LogP contribution in [-0.2, 0) is 0 Å². The average Bonchev–Trinajstić information content (AvgIpc) is 3.22. The molecule has 0 saturated heterocycles. The summed E-state index contributed by atoms with van der Waals surface area (Å²) in [4.78, 5) is 16.5. The van der Waals surface area contributed by atoms with Gasteiger partial charge in [0.05, 0.1) is 11.7 Å². The molecule has 0 spiro atoms. The minimum atomic E-state index is -0.158. The van der Waals surface area contributed by atoms with Gasteiger partial charge in [-0.1, -0.05) is 12.1 Å². The molecule has 0 fully saturated rings. The molecule has 2 heterocycles. The number of rotatable bonds is 4. The van der Waals surface area contributed by atoms with Crippen LogP contribution in [0.2, 0.25) is 0 Å². The highest BCUT2D eigenvalue weighted by Crippen LogP contribution is 2.30. The third-order valence-electron chi connectivity index (χ3n) is 4.23. The summed E-state index contributed by atoms with van der Waals surface area (Å²) in [6, 6.07) is 12.9. The fraction of sp³-hybridized carbons (Fsp3) is 0.211. The molecule has 7 nitrogen and oxygen atoms in total. The van der Waals surface area contributed by atoms with E-state index in [9.17, 15) is 4.79 Å². The normalized spacial score (nSPS) is 13.9. The van der Waals surface area contributed by atoms with Gasteiger partial charge in [0.2, 0.25) is 0 Å². The Kier molecular flexibility index (Phi) is 4.27. The van der Waals surface area contributed by atoms with E-state index in [1.807, 2.05) is 31.2 Å². The van der Waals surface area contributed by atoms with Crippen molar-refractivity contribution in [1.82, 2.24) is 20.1 Å². The first-order valence-electron chi connectivity index (χ1n) is 8.36. The zero-order valence-electron chi connectivity index (χ0n) is 14.3. The van der Waals surface area contributed by atoms with Crippen molar-refractivity contribution in [2.45, 2.75) is 13.0 Å². The zero-order valence-corrected chi connectivity index (χ0v) is 14.3. The number of nitrogens with zero attached hydrogens (tertiary/aromatic N) is 3. The average molecular weight is 350 g/mol. The summed E-state index contributed by atoms with van der Waals surface area (Å²) in [6.07, 6.45) is 3.13. The summed E-state index contributed by atoms with van der Waals surface area (Å²) in [5.41, 5.74) is 2.46. The number of ether oxygens (including phenoxy) is 2. The number of benzene rings is 2. The van der Waals surface area contributed by atoms with Gasteiger partial charge in [-0.25, -0.2) is 9.67 Å². The van der Waals surface area contributed by atoms with E-state index in [2.05, 4.69) is 15.4 Å². The standard InChI is InChI=1S/C19H18N4O3/c1-13(14-2-5-16(6-3-14)23-12-20-11-21-23)22-19(24)15-4-7-17-18(10-15)26-9-8-25-17/h2-7,10-13H,8-9H2,1H3,(H,22,24). The molecule has 1 aromatic heterocycles. The highest BCUT2D eigenvalue weighted by atomic mass is 16.6. The second-order valence-corrected chi connectivity index (χ2v) is 5.99. The van der Waals surface area contributed by atoms with E-state index in [-0.39, 0.29) is 11.9 Å². The Hall–Kier alpha value is -3.35. The van der Waals surface area contributed by atoms with E-state index < -0.39 is 0 Å². The van der Waals surface area contributed by atoms with E-state index in [1.54, 1.807) is 29.2 Å². The van der Waals surface area contributed by atoms with Gasteiger partial charge in [0.1, 0.15) is 25.9 Å². The van der Waals surface area contributed by atoms with Gasteiger partial charge in [0, 0.05) is 5.56 Å². The molecule has 1 atom stereocenters. The van der Waals surface area contributed by atoms with E-state index in [0.29, 0.717) is 30.3 Å². The largest absolute Gasteiger partial charge is 0.486 e. The molecule has 1 amide bonds. The highest BCUT2D eigenvalue weighted by molar-refractivity contribution is 5.95. The third-order valence-corrected chi connectivity index (χ3v) is 4.23. The predicted octanol–water partition coefficient (Wildman–Crippen LogP) is 2.53. The lowest BCUT2D eigenvalue weighted by atomic mass is 10.1. The van der Waals surface area contributed by atoms with E-state index in [0.717, 1.165) is 11.3 Å². The van der Waals surface area contributed by atoms with Gasteiger partial charge in [0.25, 0.3) is 5.91 Å². The Morgan fingerprint density at radius 3 is 2.62 bits per heavy atom. The van der Waals surface area contributed by atoms with E-state index in [1.165, 1.54) is 6.33 Å². The molecule has 132 valence electrons. The SMILES string of the molecule is CC(NC(=O)c1ccc2c(c1)OCCO2)c1ccc(-n2cncn2)cc1.